The summed E-state index contributed by atoms with van der Waals surface area (Å²) in [6, 6.07) is 0. The monoisotopic (exact) mass is 338 g/mol. The minimum atomic E-state index is -0.510. The summed E-state index contributed by atoms with van der Waals surface area (Å²) >= 11 is 0. The zero-order chi connectivity index (χ0) is 17.8. The molecule has 2 amide bonds. The van der Waals surface area contributed by atoms with Crippen LogP contribution in [0.5, 0.6) is 0 Å². The topological polar surface area (TPSA) is 67.4 Å². The predicted molar refractivity (Wildman–Crippen MR) is 94.7 cm³/mol. The minimum absolute atomic E-state index is 0.127. The van der Waals surface area contributed by atoms with E-state index in [2.05, 4.69) is 10.6 Å². The molecule has 0 heterocycles. The first-order valence-electron chi connectivity index (χ1n) is 9.46. The summed E-state index contributed by atoms with van der Waals surface area (Å²) in [5.74, 6) is 1.10. The van der Waals surface area contributed by atoms with Gasteiger partial charge < -0.3 is 15.4 Å². The molecule has 1 atom stereocenters. The van der Waals surface area contributed by atoms with Crippen LogP contribution >= 0.6 is 0 Å². The predicted octanol–water partition coefficient (Wildman–Crippen LogP) is 3.77. The van der Waals surface area contributed by atoms with Crippen molar-refractivity contribution in [3.63, 3.8) is 0 Å². The SMILES string of the molecule is CC(C)(C)OC(=O)NCC(C)(NC(=O)CC1CCCCC1)C1CC1. The molecule has 2 saturated carbocycles. The van der Waals surface area contributed by atoms with E-state index in [9.17, 15) is 9.59 Å². The van der Waals surface area contributed by atoms with Gasteiger partial charge in [-0.15, -0.1) is 0 Å². The van der Waals surface area contributed by atoms with Gasteiger partial charge in [-0.25, -0.2) is 4.79 Å². The van der Waals surface area contributed by atoms with E-state index in [4.69, 9.17) is 4.74 Å². The first-order chi connectivity index (χ1) is 11.2. The Bertz CT molecular complexity index is 448. The molecular formula is C19H34N2O3. The lowest BCUT2D eigenvalue weighted by molar-refractivity contribution is -0.124. The van der Waals surface area contributed by atoms with Crippen molar-refractivity contribution >= 4 is 12.0 Å². The average Bonchev–Trinajstić information content (AvgIpc) is 3.29. The van der Waals surface area contributed by atoms with Crippen LogP contribution in [-0.2, 0) is 9.53 Å². The van der Waals surface area contributed by atoms with Crippen LogP contribution in [0.15, 0.2) is 0 Å². The fourth-order valence-corrected chi connectivity index (χ4v) is 3.60. The number of amides is 2. The Kier molecular flexibility index (Phi) is 6.16. The lowest BCUT2D eigenvalue weighted by Gasteiger charge is -2.33. The second-order valence-corrected chi connectivity index (χ2v) is 8.80. The highest BCUT2D eigenvalue weighted by Gasteiger charge is 2.43. The van der Waals surface area contributed by atoms with E-state index in [1.165, 1.54) is 32.1 Å². The van der Waals surface area contributed by atoms with E-state index < -0.39 is 11.7 Å². The Labute approximate surface area is 146 Å². The van der Waals surface area contributed by atoms with Crippen LogP contribution in [0.1, 0.15) is 79.1 Å². The fraction of sp³-hybridized carbons (Fsp3) is 0.895. The molecule has 5 heteroatoms. The average molecular weight is 338 g/mol. The number of rotatable bonds is 6. The maximum Gasteiger partial charge on any atom is 0.407 e. The van der Waals surface area contributed by atoms with Crippen LogP contribution in [-0.4, -0.2) is 29.7 Å². The van der Waals surface area contributed by atoms with E-state index >= 15 is 0 Å². The Morgan fingerprint density at radius 1 is 1.00 bits per heavy atom. The Balaban J connectivity index is 1.83. The highest BCUT2D eigenvalue weighted by Crippen LogP contribution is 2.39. The standard InChI is InChI=1S/C19H34N2O3/c1-18(2,3)24-17(23)20-13-19(4,15-10-11-15)21-16(22)12-14-8-6-5-7-9-14/h14-15H,5-13H2,1-4H3,(H,20,23)(H,21,22). The molecule has 5 nitrogen and oxygen atoms in total. The van der Waals surface area contributed by atoms with Crippen LogP contribution in [0, 0.1) is 11.8 Å². The van der Waals surface area contributed by atoms with Crippen molar-refractivity contribution < 1.29 is 14.3 Å². The number of hydrogen-bond donors (Lipinski definition) is 2. The Morgan fingerprint density at radius 2 is 1.62 bits per heavy atom. The summed E-state index contributed by atoms with van der Waals surface area (Å²) in [4.78, 5) is 24.4. The van der Waals surface area contributed by atoms with Gasteiger partial charge in [0.05, 0.1) is 5.54 Å². The number of carbonyl (C=O) groups is 2. The molecule has 0 aromatic carbocycles. The third-order valence-electron chi connectivity index (χ3n) is 5.10. The first kappa shape index (κ1) is 19.1. The first-order valence-corrected chi connectivity index (χ1v) is 9.46. The molecule has 0 aromatic heterocycles. The quantitative estimate of drug-likeness (QED) is 0.775. The lowest BCUT2D eigenvalue weighted by atomic mass is 9.86. The molecule has 1 unspecified atom stereocenters. The van der Waals surface area contributed by atoms with Gasteiger partial charge in [0.25, 0.3) is 0 Å². The third kappa shape index (κ3) is 6.33. The van der Waals surface area contributed by atoms with Crippen molar-refractivity contribution in [2.75, 3.05) is 6.54 Å². The zero-order valence-electron chi connectivity index (χ0n) is 15.7. The molecule has 24 heavy (non-hydrogen) atoms. The van der Waals surface area contributed by atoms with Crippen LogP contribution in [0.4, 0.5) is 4.79 Å². The molecule has 138 valence electrons. The summed E-state index contributed by atoms with van der Waals surface area (Å²) in [6.45, 7) is 8.00. The van der Waals surface area contributed by atoms with Gasteiger partial charge in [0.15, 0.2) is 0 Å². The minimum Gasteiger partial charge on any atom is -0.444 e. The molecule has 0 aromatic rings. The van der Waals surface area contributed by atoms with Gasteiger partial charge in [-0.2, -0.15) is 0 Å². The van der Waals surface area contributed by atoms with Gasteiger partial charge in [0, 0.05) is 13.0 Å². The fourth-order valence-electron chi connectivity index (χ4n) is 3.60. The molecule has 0 saturated heterocycles. The van der Waals surface area contributed by atoms with Gasteiger partial charge in [0.1, 0.15) is 5.60 Å². The van der Waals surface area contributed by atoms with E-state index in [-0.39, 0.29) is 11.4 Å². The van der Waals surface area contributed by atoms with Gasteiger partial charge in [-0.1, -0.05) is 19.3 Å². The molecule has 2 rings (SSSR count). The van der Waals surface area contributed by atoms with Crippen LogP contribution < -0.4 is 10.6 Å². The lowest BCUT2D eigenvalue weighted by Crippen LogP contribution is -2.55. The van der Waals surface area contributed by atoms with E-state index in [1.54, 1.807) is 0 Å². The molecule has 0 bridgehead atoms. The third-order valence-corrected chi connectivity index (χ3v) is 5.10. The zero-order valence-corrected chi connectivity index (χ0v) is 15.7. The van der Waals surface area contributed by atoms with Gasteiger partial charge in [0.2, 0.25) is 5.91 Å². The van der Waals surface area contributed by atoms with Crippen molar-refractivity contribution in [3.8, 4) is 0 Å². The van der Waals surface area contributed by atoms with Crippen molar-refractivity contribution in [2.45, 2.75) is 90.2 Å². The molecule has 0 radical (unpaired) electrons. The number of hydrogen-bond acceptors (Lipinski definition) is 3. The molecule has 2 aliphatic carbocycles. The molecular weight excluding hydrogens is 304 g/mol. The summed E-state index contributed by atoms with van der Waals surface area (Å²) in [5, 5.41) is 6.05. The maximum absolute atomic E-state index is 12.5. The molecule has 0 spiro atoms. The van der Waals surface area contributed by atoms with Crippen molar-refractivity contribution in [2.24, 2.45) is 11.8 Å². The second kappa shape index (κ2) is 7.75. The second-order valence-electron chi connectivity index (χ2n) is 8.80. The van der Waals surface area contributed by atoms with Crippen LogP contribution in [0.2, 0.25) is 0 Å². The Morgan fingerprint density at radius 3 is 2.17 bits per heavy atom. The number of ether oxygens (including phenoxy) is 1. The normalized spacial score (nSPS) is 21.7. The largest absolute Gasteiger partial charge is 0.444 e. The highest BCUT2D eigenvalue weighted by atomic mass is 16.6. The van der Waals surface area contributed by atoms with Crippen molar-refractivity contribution in [1.29, 1.82) is 0 Å². The van der Waals surface area contributed by atoms with Crippen LogP contribution in [0.25, 0.3) is 0 Å². The number of alkyl carbamates (subject to hydrolysis) is 1. The number of nitrogens with one attached hydrogen (secondary N) is 2. The van der Waals surface area contributed by atoms with Crippen LogP contribution in [0.3, 0.4) is 0 Å². The van der Waals surface area contributed by atoms with E-state index in [0.29, 0.717) is 24.8 Å². The van der Waals surface area contributed by atoms with Gasteiger partial charge in [-0.05, 0) is 65.2 Å². The number of carbonyl (C=O) groups excluding carboxylic acids is 2. The molecule has 2 N–H and O–H groups in total. The Hall–Kier alpha value is -1.26. The highest BCUT2D eigenvalue weighted by molar-refractivity contribution is 5.77. The van der Waals surface area contributed by atoms with E-state index in [1.807, 2.05) is 27.7 Å². The smallest absolute Gasteiger partial charge is 0.407 e. The summed E-state index contributed by atoms with van der Waals surface area (Å²) in [5.41, 5.74) is -0.882. The van der Waals surface area contributed by atoms with Gasteiger partial charge >= 0.3 is 6.09 Å². The summed E-state index contributed by atoms with van der Waals surface area (Å²) in [6.07, 6.45) is 8.55. The van der Waals surface area contributed by atoms with E-state index in [0.717, 1.165) is 12.8 Å². The van der Waals surface area contributed by atoms with Crippen molar-refractivity contribution in [3.05, 3.63) is 0 Å². The van der Waals surface area contributed by atoms with Gasteiger partial charge in [-0.3, -0.25) is 4.79 Å². The maximum atomic E-state index is 12.5. The molecule has 2 aliphatic rings. The summed E-state index contributed by atoms with van der Waals surface area (Å²) < 4.78 is 5.30. The van der Waals surface area contributed by atoms with Crippen molar-refractivity contribution in [1.82, 2.24) is 10.6 Å². The summed E-state index contributed by atoms with van der Waals surface area (Å²) in [7, 11) is 0. The molecule has 0 aliphatic heterocycles. The molecule has 2 fully saturated rings.